The molecule has 0 radical (unpaired) electrons. The van der Waals surface area contributed by atoms with Crippen molar-refractivity contribution in [3.05, 3.63) is 92.4 Å². The molecule has 0 N–H and O–H groups in total. The van der Waals surface area contributed by atoms with Gasteiger partial charge in [0.25, 0.3) is 5.91 Å². The molecule has 1 amide bonds. The first-order valence-electron chi connectivity index (χ1n) is 10.9. The Labute approximate surface area is 224 Å². The summed E-state index contributed by atoms with van der Waals surface area (Å²) in [5, 5.41) is 0. The van der Waals surface area contributed by atoms with Gasteiger partial charge in [0.05, 0.1) is 7.11 Å². The molecule has 6 nitrogen and oxygen atoms in total. The molecule has 0 atom stereocenters. The normalized spacial score (nSPS) is 11.7. The number of methoxy groups -OCH3 is 1. The van der Waals surface area contributed by atoms with Crippen molar-refractivity contribution in [1.82, 2.24) is 9.21 Å². The fourth-order valence-corrected chi connectivity index (χ4v) is 5.31. The molecule has 0 fully saturated rings. The molecule has 0 saturated heterocycles. The van der Waals surface area contributed by atoms with E-state index in [0.29, 0.717) is 12.8 Å². The highest BCUT2D eigenvalue weighted by Crippen LogP contribution is 2.28. The highest BCUT2D eigenvalue weighted by atomic mass is 79.9. The van der Waals surface area contributed by atoms with Crippen LogP contribution in [0.4, 0.5) is 0 Å². The number of ether oxygens (including phenoxy) is 1. The molecule has 0 aromatic heterocycles. The second kappa shape index (κ2) is 11.7. The minimum absolute atomic E-state index is 0.0402. The van der Waals surface area contributed by atoms with E-state index in [1.54, 1.807) is 18.0 Å². The van der Waals surface area contributed by atoms with Gasteiger partial charge < -0.3 is 9.64 Å². The number of halogens is 2. The average molecular weight is 624 g/mol. The van der Waals surface area contributed by atoms with Crippen LogP contribution in [0.15, 0.2) is 80.6 Å². The lowest BCUT2D eigenvalue weighted by Gasteiger charge is -2.29. The number of carbonyl (C=O) groups excluding carboxylic acids is 1. The van der Waals surface area contributed by atoms with Crippen LogP contribution in [0.3, 0.4) is 0 Å². The number of likely N-dealkylation sites (N-methyl/N-ethyl adjacent to an activating group) is 1. The van der Waals surface area contributed by atoms with E-state index in [1.807, 2.05) is 48.5 Å². The van der Waals surface area contributed by atoms with Crippen LogP contribution < -0.4 is 4.74 Å². The molecule has 0 saturated carbocycles. The quantitative estimate of drug-likeness (QED) is 0.320. The number of hydrogen-bond donors (Lipinski definition) is 0. The summed E-state index contributed by atoms with van der Waals surface area (Å²) in [5.74, 6) is -0.0683. The molecule has 186 valence electrons. The van der Waals surface area contributed by atoms with Gasteiger partial charge in [-0.1, -0.05) is 56.1 Å². The lowest BCUT2D eigenvalue weighted by Crippen LogP contribution is -2.40. The summed E-state index contributed by atoms with van der Waals surface area (Å²) in [6, 6.07) is 20.4. The van der Waals surface area contributed by atoms with Crippen molar-refractivity contribution in [2.75, 3.05) is 28.3 Å². The minimum Gasteiger partial charge on any atom is -0.495 e. The maximum absolute atomic E-state index is 13.6. The Kier molecular flexibility index (Phi) is 9.15. The van der Waals surface area contributed by atoms with Gasteiger partial charge in [-0.3, -0.25) is 4.79 Å². The first-order chi connectivity index (χ1) is 16.5. The molecular formula is C26H28Br2N2O4S. The number of rotatable bonds is 9. The zero-order chi connectivity index (χ0) is 25.8. The van der Waals surface area contributed by atoms with Gasteiger partial charge >= 0.3 is 0 Å². The van der Waals surface area contributed by atoms with Gasteiger partial charge in [-0.15, -0.1) is 0 Å². The summed E-state index contributed by atoms with van der Waals surface area (Å²) in [5.41, 5.74) is 2.48. The first-order valence-corrected chi connectivity index (χ1v) is 13.9. The summed E-state index contributed by atoms with van der Waals surface area (Å²) < 4.78 is 34.0. The van der Waals surface area contributed by atoms with Crippen molar-refractivity contribution < 1.29 is 17.9 Å². The molecule has 0 spiro atoms. The Bertz CT molecular complexity index is 1230. The lowest BCUT2D eigenvalue weighted by molar-refractivity contribution is 0.0730. The molecule has 3 aromatic rings. The van der Waals surface area contributed by atoms with Crippen LogP contribution in [0.5, 0.6) is 5.75 Å². The fourth-order valence-electron chi connectivity index (χ4n) is 3.71. The van der Waals surface area contributed by atoms with Crippen LogP contribution in [0.1, 0.15) is 21.5 Å². The Hall–Kier alpha value is -2.20. The van der Waals surface area contributed by atoms with Crippen LogP contribution in [0, 0.1) is 0 Å². The number of carbonyl (C=O) groups is 1. The highest BCUT2D eigenvalue weighted by Gasteiger charge is 2.27. The van der Waals surface area contributed by atoms with Gasteiger partial charge in [0, 0.05) is 41.7 Å². The summed E-state index contributed by atoms with van der Waals surface area (Å²) in [4.78, 5) is 15.2. The predicted octanol–water partition coefficient (Wildman–Crippen LogP) is 5.40. The number of sulfonamides is 1. The zero-order valence-corrected chi connectivity index (χ0v) is 24.0. The fraction of sp³-hybridized carbons (Fsp3) is 0.269. The SMILES string of the molecule is COc1ccc(C(=O)N(C)C(Cc2ccc(Br)cc2)Cc2ccc(Br)cc2)cc1S(=O)(=O)N(C)C. The molecular weight excluding hydrogens is 596 g/mol. The average Bonchev–Trinajstić information content (AvgIpc) is 2.84. The third kappa shape index (κ3) is 6.73. The van der Waals surface area contributed by atoms with Crippen molar-refractivity contribution in [2.24, 2.45) is 0 Å². The summed E-state index contributed by atoms with van der Waals surface area (Å²) in [7, 11) is 2.26. The zero-order valence-electron chi connectivity index (χ0n) is 20.0. The molecule has 35 heavy (non-hydrogen) atoms. The second-order valence-corrected chi connectivity index (χ2v) is 12.3. The van der Waals surface area contributed by atoms with Gasteiger partial charge in [-0.2, -0.15) is 0 Å². The maximum atomic E-state index is 13.6. The van der Waals surface area contributed by atoms with Crippen molar-refractivity contribution in [1.29, 1.82) is 0 Å². The van der Waals surface area contributed by atoms with Crippen molar-refractivity contribution in [2.45, 2.75) is 23.8 Å². The summed E-state index contributed by atoms with van der Waals surface area (Å²) in [6.07, 6.45) is 1.29. The van der Waals surface area contributed by atoms with Crippen LogP contribution in [-0.2, 0) is 22.9 Å². The second-order valence-electron chi connectivity index (χ2n) is 8.38. The van der Waals surface area contributed by atoms with E-state index < -0.39 is 10.0 Å². The number of amides is 1. The lowest BCUT2D eigenvalue weighted by atomic mass is 9.97. The van der Waals surface area contributed by atoms with E-state index in [2.05, 4.69) is 31.9 Å². The van der Waals surface area contributed by atoms with Gasteiger partial charge in [-0.05, 0) is 66.4 Å². The summed E-state index contributed by atoms with van der Waals surface area (Å²) in [6.45, 7) is 0. The van der Waals surface area contributed by atoms with Gasteiger partial charge in [-0.25, -0.2) is 12.7 Å². The van der Waals surface area contributed by atoms with Crippen molar-refractivity contribution in [3.63, 3.8) is 0 Å². The molecule has 9 heteroatoms. The molecule has 3 aromatic carbocycles. The number of benzene rings is 3. The Morgan fingerprint density at radius 1 is 0.857 bits per heavy atom. The summed E-state index contributed by atoms with van der Waals surface area (Å²) >= 11 is 6.94. The third-order valence-corrected chi connectivity index (χ3v) is 8.70. The van der Waals surface area contributed by atoms with Crippen LogP contribution in [0.25, 0.3) is 0 Å². The molecule has 0 aliphatic carbocycles. The molecule has 0 heterocycles. The van der Waals surface area contributed by atoms with Crippen LogP contribution in [0.2, 0.25) is 0 Å². The number of hydrogen-bond acceptors (Lipinski definition) is 4. The topological polar surface area (TPSA) is 66.9 Å². The van der Waals surface area contributed by atoms with E-state index in [4.69, 9.17) is 4.74 Å². The van der Waals surface area contributed by atoms with E-state index in [1.165, 1.54) is 33.3 Å². The van der Waals surface area contributed by atoms with Gasteiger partial charge in [0.2, 0.25) is 10.0 Å². The maximum Gasteiger partial charge on any atom is 0.253 e. The molecule has 0 aliphatic rings. The molecule has 0 unspecified atom stereocenters. The van der Waals surface area contributed by atoms with E-state index in [9.17, 15) is 13.2 Å². The first kappa shape index (κ1) is 27.4. The Morgan fingerprint density at radius 3 is 1.77 bits per heavy atom. The Morgan fingerprint density at radius 2 is 1.34 bits per heavy atom. The van der Waals surface area contributed by atoms with E-state index >= 15 is 0 Å². The molecule has 0 aliphatic heterocycles. The largest absolute Gasteiger partial charge is 0.495 e. The van der Waals surface area contributed by atoms with Crippen LogP contribution >= 0.6 is 31.9 Å². The third-order valence-electron chi connectivity index (χ3n) is 5.81. The van der Waals surface area contributed by atoms with Crippen LogP contribution in [-0.4, -0.2) is 57.8 Å². The standard InChI is InChI=1S/C26H28Br2N2O4S/c1-29(2)35(32,33)25-17-20(9-14-24(25)34-4)26(31)30(3)23(15-18-5-10-21(27)11-6-18)16-19-7-12-22(28)13-8-19/h5-14,17,23H,15-16H2,1-4H3. The Balaban J connectivity index is 1.96. The smallest absolute Gasteiger partial charge is 0.253 e. The highest BCUT2D eigenvalue weighted by molar-refractivity contribution is 9.10. The minimum atomic E-state index is -3.80. The number of nitrogens with zero attached hydrogens (tertiary/aromatic N) is 2. The van der Waals surface area contributed by atoms with E-state index in [0.717, 1.165) is 24.4 Å². The van der Waals surface area contributed by atoms with Gasteiger partial charge in [0.1, 0.15) is 10.6 Å². The van der Waals surface area contributed by atoms with Crippen molar-refractivity contribution >= 4 is 47.8 Å². The molecule has 3 rings (SSSR count). The molecule has 0 bridgehead atoms. The van der Waals surface area contributed by atoms with Crippen molar-refractivity contribution in [3.8, 4) is 5.75 Å². The van der Waals surface area contributed by atoms with E-state index in [-0.39, 0.29) is 28.2 Å². The monoisotopic (exact) mass is 622 g/mol. The predicted molar refractivity (Wildman–Crippen MR) is 145 cm³/mol. The van der Waals surface area contributed by atoms with Gasteiger partial charge in [0.15, 0.2) is 0 Å².